The van der Waals surface area contributed by atoms with Gasteiger partial charge in [0.05, 0.1) is 13.2 Å². The molecule has 1 atom stereocenters. The Labute approximate surface area is 162 Å². The van der Waals surface area contributed by atoms with Crippen LogP contribution in [-0.4, -0.2) is 31.8 Å². The van der Waals surface area contributed by atoms with E-state index in [1.54, 1.807) is 24.3 Å². The lowest BCUT2D eigenvalue weighted by molar-refractivity contribution is -0.124. The largest absolute Gasteiger partial charge is 0.496 e. The van der Waals surface area contributed by atoms with Crippen molar-refractivity contribution >= 4 is 35.2 Å². The van der Waals surface area contributed by atoms with Crippen molar-refractivity contribution in [3.8, 4) is 5.75 Å². The van der Waals surface area contributed by atoms with Crippen molar-refractivity contribution in [3.63, 3.8) is 0 Å². The van der Waals surface area contributed by atoms with E-state index in [0.717, 1.165) is 10.5 Å². The fourth-order valence-electron chi connectivity index (χ4n) is 2.36. The van der Waals surface area contributed by atoms with Gasteiger partial charge >= 0.3 is 5.97 Å². The van der Waals surface area contributed by atoms with E-state index < -0.39 is 11.9 Å². The topological polar surface area (TPSA) is 64.6 Å². The fourth-order valence-corrected chi connectivity index (χ4v) is 3.09. The van der Waals surface area contributed by atoms with Crippen LogP contribution in [0.3, 0.4) is 0 Å². The van der Waals surface area contributed by atoms with Crippen LogP contribution in [0.15, 0.2) is 47.4 Å². The van der Waals surface area contributed by atoms with Gasteiger partial charge in [-0.3, -0.25) is 4.79 Å². The highest BCUT2D eigenvalue weighted by Gasteiger charge is 2.17. The van der Waals surface area contributed by atoms with Crippen LogP contribution < -0.4 is 10.1 Å². The molecule has 0 fully saturated rings. The van der Waals surface area contributed by atoms with E-state index in [2.05, 4.69) is 5.32 Å². The van der Waals surface area contributed by atoms with Crippen LogP contribution in [0.2, 0.25) is 5.02 Å². The summed E-state index contributed by atoms with van der Waals surface area (Å²) in [6, 6.07) is 12.1. The van der Waals surface area contributed by atoms with E-state index in [1.807, 2.05) is 31.4 Å². The van der Waals surface area contributed by atoms with Gasteiger partial charge in [0.1, 0.15) is 11.3 Å². The molecule has 0 aromatic heterocycles. The van der Waals surface area contributed by atoms with Gasteiger partial charge in [0, 0.05) is 9.92 Å². The summed E-state index contributed by atoms with van der Waals surface area (Å²) in [7, 11) is 1.48. The van der Waals surface area contributed by atoms with Crippen LogP contribution in [-0.2, 0) is 9.53 Å². The number of benzene rings is 2. The van der Waals surface area contributed by atoms with Crippen LogP contribution in [0.4, 0.5) is 0 Å². The molecule has 0 heterocycles. The van der Waals surface area contributed by atoms with E-state index in [4.69, 9.17) is 21.1 Å². The van der Waals surface area contributed by atoms with E-state index in [-0.39, 0.29) is 18.2 Å². The van der Waals surface area contributed by atoms with E-state index in [9.17, 15) is 9.59 Å². The molecular weight excluding hydrogens is 374 g/mol. The number of nitrogens with one attached hydrogen (secondary N) is 1. The first-order chi connectivity index (χ1) is 12.5. The highest BCUT2D eigenvalue weighted by molar-refractivity contribution is 7.98. The number of rotatable bonds is 7. The third-order valence-corrected chi connectivity index (χ3v) is 4.78. The molecule has 26 heavy (non-hydrogen) atoms. The molecule has 0 unspecified atom stereocenters. The fraction of sp³-hybridized carbons (Fsp3) is 0.263. The number of hydrogen-bond acceptors (Lipinski definition) is 5. The maximum Gasteiger partial charge on any atom is 0.342 e. The first kappa shape index (κ1) is 20.1. The molecule has 5 nitrogen and oxygen atoms in total. The van der Waals surface area contributed by atoms with Crippen molar-refractivity contribution in [3.05, 3.63) is 58.6 Å². The van der Waals surface area contributed by atoms with Crippen LogP contribution in [0.1, 0.15) is 28.9 Å². The zero-order chi connectivity index (χ0) is 19.1. The molecule has 0 bridgehead atoms. The SMILES string of the molecule is COc1cc(SC)ccc1C(=O)OCC(=O)N[C@H](C)c1ccccc1Cl. The normalized spacial score (nSPS) is 11.5. The first-order valence-electron chi connectivity index (χ1n) is 7.89. The molecule has 0 aliphatic heterocycles. The monoisotopic (exact) mass is 393 g/mol. The Balaban J connectivity index is 1.95. The second-order valence-corrected chi connectivity index (χ2v) is 6.74. The standard InChI is InChI=1S/C19H20ClNO4S/c1-12(14-6-4-5-7-16(14)20)21-18(22)11-25-19(23)15-9-8-13(26-3)10-17(15)24-2/h4-10,12H,11H2,1-3H3,(H,21,22)/t12-/m1/s1. The lowest BCUT2D eigenvalue weighted by Gasteiger charge is -2.16. The third-order valence-electron chi connectivity index (χ3n) is 3.71. The average Bonchev–Trinajstić information content (AvgIpc) is 2.65. The molecule has 0 aliphatic carbocycles. The summed E-state index contributed by atoms with van der Waals surface area (Å²) in [5.41, 5.74) is 1.07. The second kappa shape index (κ2) is 9.50. The minimum absolute atomic E-state index is 0.275. The zero-order valence-corrected chi connectivity index (χ0v) is 16.3. The number of carbonyl (C=O) groups excluding carboxylic acids is 2. The van der Waals surface area contributed by atoms with Crippen LogP contribution in [0.25, 0.3) is 0 Å². The summed E-state index contributed by atoms with van der Waals surface area (Å²) >= 11 is 7.65. The highest BCUT2D eigenvalue weighted by Crippen LogP contribution is 2.26. The van der Waals surface area contributed by atoms with Crippen molar-refractivity contribution < 1.29 is 19.1 Å². The Bertz CT molecular complexity index is 797. The minimum atomic E-state index is -0.616. The molecule has 2 rings (SSSR count). The predicted molar refractivity (Wildman–Crippen MR) is 103 cm³/mol. The molecule has 138 valence electrons. The van der Waals surface area contributed by atoms with Gasteiger partial charge in [-0.2, -0.15) is 0 Å². The molecule has 1 amide bonds. The van der Waals surface area contributed by atoms with Crippen molar-refractivity contribution in [1.29, 1.82) is 0 Å². The minimum Gasteiger partial charge on any atom is -0.496 e. The lowest BCUT2D eigenvalue weighted by atomic mass is 10.1. The van der Waals surface area contributed by atoms with Gasteiger partial charge in [-0.15, -0.1) is 11.8 Å². The Hall–Kier alpha value is -2.18. The Morgan fingerprint density at radius 1 is 1.23 bits per heavy atom. The van der Waals surface area contributed by atoms with Crippen LogP contribution >= 0.6 is 23.4 Å². The number of amides is 1. The van der Waals surface area contributed by atoms with Crippen molar-refractivity contribution in [1.82, 2.24) is 5.32 Å². The van der Waals surface area contributed by atoms with Crippen LogP contribution in [0.5, 0.6) is 5.75 Å². The van der Waals surface area contributed by atoms with Crippen molar-refractivity contribution in [2.75, 3.05) is 20.0 Å². The van der Waals surface area contributed by atoms with Crippen LogP contribution in [0, 0.1) is 0 Å². The number of halogens is 1. The molecule has 0 aliphatic rings. The molecule has 0 radical (unpaired) electrons. The van der Waals surface area contributed by atoms with Crippen molar-refractivity contribution in [2.45, 2.75) is 17.9 Å². The average molecular weight is 394 g/mol. The smallest absolute Gasteiger partial charge is 0.342 e. The van der Waals surface area contributed by atoms with E-state index in [0.29, 0.717) is 10.8 Å². The molecule has 1 N–H and O–H groups in total. The van der Waals surface area contributed by atoms with Gasteiger partial charge in [0.2, 0.25) is 0 Å². The second-order valence-electron chi connectivity index (χ2n) is 5.45. The van der Waals surface area contributed by atoms with E-state index in [1.165, 1.54) is 18.9 Å². The molecule has 0 spiro atoms. The first-order valence-corrected chi connectivity index (χ1v) is 9.49. The molecule has 0 saturated carbocycles. The number of esters is 1. The summed E-state index contributed by atoms with van der Waals surface area (Å²) < 4.78 is 10.3. The van der Waals surface area contributed by atoms with Gasteiger partial charge in [0.25, 0.3) is 5.91 Å². The summed E-state index contributed by atoms with van der Waals surface area (Å²) in [5, 5.41) is 3.32. The summed E-state index contributed by atoms with van der Waals surface area (Å²) in [6.07, 6.45) is 1.93. The molecule has 7 heteroatoms. The summed E-state index contributed by atoms with van der Waals surface area (Å²) in [5.74, 6) is -0.618. The van der Waals surface area contributed by atoms with Gasteiger partial charge in [-0.1, -0.05) is 29.8 Å². The van der Waals surface area contributed by atoms with Gasteiger partial charge in [0.15, 0.2) is 6.61 Å². The molecule has 2 aromatic carbocycles. The predicted octanol–water partition coefficient (Wildman–Crippen LogP) is 4.10. The number of methoxy groups -OCH3 is 1. The van der Waals surface area contributed by atoms with Gasteiger partial charge in [-0.25, -0.2) is 4.79 Å². The Morgan fingerprint density at radius 2 is 1.96 bits per heavy atom. The lowest BCUT2D eigenvalue weighted by Crippen LogP contribution is -2.31. The van der Waals surface area contributed by atoms with E-state index >= 15 is 0 Å². The van der Waals surface area contributed by atoms with Crippen molar-refractivity contribution in [2.24, 2.45) is 0 Å². The Kier molecular flexibility index (Phi) is 7.36. The Morgan fingerprint density at radius 3 is 2.62 bits per heavy atom. The van der Waals surface area contributed by atoms with Gasteiger partial charge < -0.3 is 14.8 Å². The molecular formula is C19H20ClNO4S. The maximum absolute atomic E-state index is 12.2. The highest BCUT2D eigenvalue weighted by atomic mass is 35.5. The number of ether oxygens (including phenoxy) is 2. The third kappa shape index (κ3) is 5.16. The number of carbonyl (C=O) groups is 2. The van der Waals surface area contributed by atoms with Gasteiger partial charge in [-0.05, 0) is 43.0 Å². The summed E-state index contributed by atoms with van der Waals surface area (Å²) in [4.78, 5) is 25.3. The number of hydrogen-bond donors (Lipinski definition) is 1. The number of thioether (sulfide) groups is 1. The molecule has 0 saturated heterocycles. The zero-order valence-electron chi connectivity index (χ0n) is 14.7. The quantitative estimate of drug-likeness (QED) is 0.566. The maximum atomic E-state index is 12.2. The summed E-state index contributed by atoms with van der Waals surface area (Å²) in [6.45, 7) is 1.42. The molecule has 2 aromatic rings.